The topological polar surface area (TPSA) is 129 Å². The van der Waals surface area contributed by atoms with E-state index < -0.39 is 35.0 Å². The molecule has 0 spiro atoms. The highest BCUT2D eigenvalue weighted by Gasteiger charge is 2.20. The number of carbonyl (C=O) groups excluding carboxylic acids is 1. The molecule has 2 aromatic heterocycles. The number of halogens is 3. The average molecular weight is 550 g/mol. The van der Waals surface area contributed by atoms with Crippen molar-refractivity contribution in [2.24, 2.45) is 0 Å². The Kier molecular flexibility index (Phi) is 7.15. The van der Waals surface area contributed by atoms with Crippen molar-refractivity contribution in [1.82, 2.24) is 19.9 Å². The molecule has 1 amide bonds. The third-order valence-corrected chi connectivity index (χ3v) is 6.17. The maximum atomic E-state index is 13.6. The van der Waals surface area contributed by atoms with Gasteiger partial charge < -0.3 is 29.7 Å². The molecule has 204 valence electrons. The van der Waals surface area contributed by atoms with Crippen LogP contribution in [0, 0.1) is 17.5 Å². The van der Waals surface area contributed by atoms with Gasteiger partial charge in [0.1, 0.15) is 23.7 Å². The monoisotopic (exact) mass is 550 g/mol. The van der Waals surface area contributed by atoms with Crippen molar-refractivity contribution in [1.29, 1.82) is 0 Å². The Balaban J connectivity index is 1.38. The minimum absolute atomic E-state index is 0.00726. The van der Waals surface area contributed by atoms with Gasteiger partial charge in [0.25, 0.3) is 11.5 Å². The lowest BCUT2D eigenvalue weighted by molar-refractivity contribution is 0.0919. The van der Waals surface area contributed by atoms with Crippen LogP contribution in [0.2, 0.25) is 0 Å². The fraction of sp³-hybridized carbons (Fsp3) is 0.107. The molecule has 0 fully saturated rings. The minimum atomic E-state index is -1.62. The van der Waals surface area contributed by atoms with Crippen LogP contribution >= 0.6 is 0 Å². The maximum Gasteiger partial charge on any atom is 0.323 e. The van der Waals surface area contributed by atoms with Gasteiger partial charge in [-0.1, -0.05) is 12.1 Å². The molecule has 0 saturated heterocycles. The van der Waals surface area contributed by atoms with Crippen LogP contribution in [0.5, 0.6) is 11.5 Å². The number of benzene rings is 3. The fourth-order valence-electron chi connectivity index (χ4n) is 4.18. The standard InChI is InChI=1S/C28H21F3N4O5/c29-20-10-15(11-21(30)25(20)31)13-35-9-1-2-19(27(35)38)26(37)32-24(16-3-5-17(36)6-4-16)14-40-18-7-8-22-23(12-18)34-28(39)33-22/h1-12,24,36H,13-14H2,(H,32,37)(H2,33,34,39). The van der Waals surface area contributed by atoms with E-state index >= 15 is 0 Å². The van der Waals surface area contributed by atoms with E-state index in [0.29, 0.717) is 22.3 Å². The van der Waals surface area contributed by atoms with Crippen LogP contribution in [0.4, 0.5) is 13.2 Å². The van der Waals surface area contributed by atoms with Crippen molar-refractivity contribution in [3.63, 3.8) is 0 Å². The van der Waals surface area contributed by atoms with Crippen molar-refractivity contribution < 1.29 is 27.8 Å². The summed E-state index contributed by atoms with van der Waals surface area (Å²) in [5.74, 6) is -4.74. The average Bonchev–Trinajstić information content (AvgIpc) is 3.30. The van der Waals surface area contributed by atoms with Crippen LogP contribution < -0.4 is 21.3 Å². The molecule has 40 heavy (non-hydrogen) atoms. The summed E-state index contributed by atoms with van der Waals surface area (Å²) in [6.07, 6.45) is 1.33. The first-order valence-corrected chi connectivity index (χ1v) is 12.0. The molecule has 1 unspecified atom stereocenters. The zero-order chi connectivity index (χ0) is 28.4. The largest absolute Gasteiger partial charge is 0.508 e. The SMILES string of the molecule is O=C(NC(COc1ccc2[nH]c(=O)[nH]c2c1)c1ccc(O)cc1)c1cccn(Cc2cc(F)c(F)c(F)c2)c1=O. The number of phenolic OH excluding ortho intramolecular Hbond substituents is 1. The number of hydrogen-bond acceptors (Lipinski definition) is 5. The van der Waals surface area contributed by atoms with Gasteiger partial charge in [0.15, 0.2) is 17.5 Å². The number of aromatic nitrogens is 3. The first kappa shape index (κ1) is 26.4. The molecule has 0 saturated carbocycles. The van der Waals surface area contributed by atoms with Crippen LogP contribution in [-0.2, 0) is 6.54 Å². The molecule has 0 aliphatic heterocycles. The number of ether oxygens (including phenoxy) is 1. The number of amides is 1. The van der Waals surface area contributed by atoms with Crippen LogP contribution in [0.1, 0.15) is 27.5 Å². The molecule has 5 rings (SSSR count). The predicted octanol–water partition coefficient (Wildman–Crippen LogP) is 3.74. The summed E-state index contributed by atoms with van der Waals surface area (Å²) in [5.41, 5.74) is 0.316. The van der Waals surface area contributed by atoms with Gasteiger partial charge in [-0.3, -0.25) is 9.59 Å². The van der Waals surface area contributed by atoms with E-state index in [1.165, 1.54) is 30.5 Å². The zero-order valence-corrected chi connectivity index (χ0v) is 20.6. The lowest BCUT2D eigenvalue weighted by Gasteiger charge is -2.20. The van der Waals surface area contributed by atoms with E-state index in [1.807, 2.05) is 0 Å². The summed E-state index contributed by atoms with van der Waals surface area (Å²) in [6, 6.07) is 14.4. The normalized spacial score (nSPS) is 11.9. The van der Waals surface area contributed by atoms with Crippen LogP contribution in [0.25, 0.3) is 11.0 Å². The second-order valence-corrected chi connectivity index (χ2v) is 8.94. The molecule has 2 heterocycles. The molecule has 12 heteroatoms. The molecule has 9 nitrogen and oxygen atoms in total. The lowest BCUT2D eigenvalue weighted by Crippen LogP contribution is -2.37. The Labute approximate surface area is 223 Å². The van der Waals surface area contributed by atoms with Crippen molar-refractivity contribution in [2.75, 3.05) is 6.61 Å². The van der Waals surface area contributed by atoms with Gasteiger partial charge in [-0.25, -0.2) is 18.0 Å². The molecule has 0 radical (unpaired) electrons. The van der Waals surface area contributed by atoms with Crippen LogP contribution in [-0.4, -0.2) is 32.2 Å². The number of H-pyrrole nitrogens is 2. The molecule has 0 aliphatic carbocycles. The first-order chi connectivity index (χ1) is 19.2. The number of carbonyl (C=O) groups is 1. The smallest absolute Gasteiger partial charge is 0.323 e. The number of nitrogens with one attached hydrogen (secondary N) is 3. The molecular weight excluding hydrogens is 529 g/mol. The Morgan fingerprint density at radius 3 is 2.38 bits per heavy atom. The fourth-order valence-corrected chi connectivity index (χ4v) is 4.18. The number of aromatic hydroxyl groups is 1. The van der Waals surface area contributed by atoms with Crippen LogP contribution in [0.3, 0.4) is 0 Å². The van der Waals surface area contributed by atoms with Gasteiger partial charge in [-0.15, -0.1) is 0 Å². The number of pyridine rings is 1. The lowest BCUT2D eigenvalue weighted by atomic mass is 10.1. The summed E-state index contributed by atoms with van der Waals surface area (Å²) in [4.78, 5) is 43.1. The van der Waals surface area contributed by atoms with E-state index in [1.54, 1.807) is 30.3 Å². The van der Waals surface area contributed by atoms with Gasteiger partial charge in [-0.2, -0.15) is 0 Å². The third kappa shape index (κ3) is 5.60. The second kappa shape index (κ2) is 10.8. The van der Waals surface area contributed by atoms with Gasteiger partial charge in [-0.05, 0) is 59.7 Å². The van der Waals surface area contributed by atoms with E-state index in [4.69, 9.17) is 4.74 Å². The van der Waals surface area contributed by atoms with Crippen LogP contribution in [0.15, 0.2) is 82.5 Å². The summed E-state index contributed by atoms with van der Waals surface area (Å²) in [5, 5.41) is 12.4. The number of hydrogen-bond donors (Lipinski definition) is 4. The van der Waals surface area contributed by atoms with Gasteiger partial charge in [0, 0.05) is 12.3 Å². The Hall–Kier alpha value is -5.26. The molecule has 0 bridgehead atoms. The third-order valence-electron chi connectivity index (χ3n) is 6.17. The highest BCUT2D eigenvalue weighted by molar-refractivity contribution is 5.94. The number of phenols is 1. The maximum absolute atomic E-state index is 13.6. The molecule has 0 aliphatic rings. The van der Waals surface area contributed by atoms with Gasteiger partial charge in [0.2, 0.25) is 0 Å². The van der Waals surface area contributed by atoms with Gasteiger partial charge >= 0.3 is 5.69 Å². The number of nitrogens with zero attached hydrogens (tertiary/aromatic N) is 1. The Bertz CT molecular complexity index is 1810. The molecule has 1 atom stereocenters. The summed E-state index contributed by atoms with van der Waals surface area (Å²) < 4.78 is 47.5. The van der Waals surface area contributed by atoms with Crippen molar-refractivity contribution in [2.45, 2.75) is 12.6 Å². The second-order valence-electron chi connectivity index (χ2n) is 8.94. The summed E-state index contributed by atoms with van der Waals surface area (Å²) in [6.45, 7) is -0.381. The first-order valence-electron chi connectivity index (χ1n) is 12.0. The predicted molar refractivity (Wildman–Crippen MR) is 139 cm³/mol. The van der Waals surface area contributed by atoms with Crippen molar-refractivity contribution in [3.8, 4) is 11.5 Å². The van der Waals surface area contributed by atoms with Crippen molar-refractivity contribution in [3.05, 3.63) is 128 Å². The quantitative estimate of drug-likeness (QED) is 0.219. The number of rotatable bonds is 8. The van der Waals surface area contributed by atoms with E-state index in [-0.39, 0.29) is 35.7 Å². The molecular formula is C28H21F3N4O5. The molecule has 3 aromatic carbocycles. The summed E-state index contributed by atoms with van der Waals surface area (Å²) in [7, 11) is 0. The highest BCUT2D eigenvalue weighted by Crippen LogP contribution is 2.22. The number of fused-ring (bicyclic) bond motifs is 1. The van der Waals surface area contributed by atoms with E-state index in [2.05, 4.69) is 15.3 Å². The molecule has 4 N–H and O–H groups in total. The van der Waals surface area contributed by atoms with E-state index in [9.17, 15) is 32.7 Å². The van der Waals surface area contributed by atoms with E-state index in [0.717, 1.165) is 16.7 Å². The zero-order valence-electron chi connectivity index (χ0n) is 20.6. The highest BCUT2D eigenvalue weighted by atomic mass is 19.2. The minimum Gasteiger partial charge on any atom is -0.508 e. The summed E-state index contributed by atoms with van der Waals surface area (Å²) >= 11 is 0. The molecule has 5 aromatic rings. The Morgan fingerprint density at radius 2 is 1.65 bits per heavy atom. The Morgan fingerprint density at radius 1 is 0.950 bits per heavy atom. The number of imidazole rings is 1. The van der Waals surface area contributed by atoms with Crippen molar-refractivity contribution >= 4 is 16.9 Å². The number of aromatic amines is 2. The van der Waals surface area contributed by atoms with Gasteiger partial charge in [0.05, 0.1) is 23.6 Å².